The van der Waals surface area contributed by atoms with E-state index in [9.17, 15) is 4.79 Å². The van der Waals surface area contributed by atoms with E-state index in [4.69, 9.17) is 15.2 Å². The Morgan fingerprint density at radius 1 is 1.37 bits per heavy atom. The highest BCUT2D eigenvalue weighted by Gasteiger charge is 2.41. The molecule has 3 N–H and O–H groups in total. The van der Waals surface area contributed by atoms with Crippen molar-refractivity contribution < 1.29 is 9.47 Å². The molecule has 2 aliphatic rings. The van der Waals surface area contributed by atoms with Crippen molar-refractivity contribution in [1.82, 2.24) is 9.97 Å². The number of nitrogen functional groups attached to an aromatic ring is 1. The molecule has 0 atom stereocenters. The summed E-state index contributed by atoms with van der Waals surface area (Å²) in [5.74, 6) is -0.0520. The fraction of sp³-hybridized carbons (Fsp3) is 0.500. The van der Waals surface area contributed by atoms with Crippen molar-refractivity contribution in [1.29, 1.82) is 0 Å². The number of aromatic amines is 1. The minimum atomic E-state index is -0.466. The molecular formula is C12H13N3O3S. The molecule has 0 saturated carbocycles. The lowest BCUT2D eigenvalue weighted by Gasteiger charge is -2.31. The van der Waals surface area contributed by atoms with E-state index < -0.39 is 11.5 Å². The molecule has 0 amide bonds. The van der Waals surface area contributed by atoms with E-state index in [1.165, 1.54) is 21.8 Å². The fourth-order valence-electron chi connectivity index (χ4n) is 2.95. The van der Waals surface area contributed by atoms with Gasteiger partial charge in [0.25, 0.3) is 0 Å². The highest BCUT2D eigenvalue weighted by atomic mass is 32.1. The largest absolute Gasteiger partial charge is 0.385 e. The van der Waals surface area contributed by atoms with Crippen LogP contribution in [0.4, 0.5) is 5.82 Å². The topological polar surface area (TPSA) is 90.2 Å². The summed E-state index contributed by atoms with van der Waals surface area (Å²) in [5.41, 5.74) is 6.71. The van der Waals surface area contributed by atoms with Gasteiger partial charge >= 0.3 is 5.69 Å². The zero-order chi connectivity index (χ0) is 13.0. The molecule has 100 valence electrons. The Morgan fingerprint density at radius 3 is 2.95 bits per heavy atom. The summed E-state index contributed by atoms with van der Waals surface area (Å²) in [4.78, 5) is 19.8. The van der Waals surface area contributed by atoms with Gasteiger partial charge in [0.2, 0.25) is 0 Å². The highest BCUT2D eigenvalue weighted by Crippen LogP contribution is 2.42. The van der Waals surface area contributed by atoms with E-state index in [0.717, 1.165) is 24.6 Å². The molecule has 1 aliphatic carbocycles. The summed E-state index contributed by atoms with van der Waals surface area (Å²) in [6.07, 6.45) is 2.38. The zero-order valence-electron chi connectivity index (χ0n) is 10.2. The van der Waals surface area contributed by atoms with Crippen molar-refractivity contribution >= 4 is 27.4 Å². The average molecular weight is 279 g/mol. The lowest BCUT2D eigenvalue weighted by Crippen LogP contribution is -2.36. The summed E-state index contributed by atoms with van der Waals surface area (Å²) >= 11 is 1.52. The van der Waals surface area contributed by atoms with Gasteiger partial charge in [0, 0.05) is 17.7 Å². The van der Waals surface area contributed by atoms with Crippen molar-refractivity contribution in [2.75, 3.05) is 18.9 Å². The predicted octanol–water partition coefficient (Wildman–Crippen LogP) is 0.799. The normalized spacial score (nSPS) is 21.1. The molecule has 6 nitrogen and oxygen atoms in total. The molecule has 2 aromatic rings. The van der Waals surface area contributed by atoms with Crippen LogP contribution in [0, 0.1) is 0 Å². The number of hydrogen-bond acceptors (Lipinski definition) is 6. The first-order valence-electron chi connectivity index (χ1n) is 6.25. The van der Waals surface area contributed by atoms with Crippen molar-refractivity contribution in [3.8, 4) is 0 Å². The summed E-state index contributed by atoms with van der Waals surface area (Å²) in [5, 5.41) is 0.896. The maximum atomic E-state index is 11.4. The van der Waals surface area contributed by atoms with Gasteiger partial charge in [-0.05, 0) is 12.0 Å². The molecule has 1 spiro atoms. The van der Waals surface area contributed by atoms with Gasteiger partial charge < -0.3 is 15.2 Å². The van der Waals surface area contributed by atoms with Crippen LogP contribution >= 0.6 is 11.3 Å². The summed E-state index contributed by atoms with van der Waals surface area (Å²) in [6, 6.07) is 0. The third-order valence-corrected chi connectivity index (χ3v) is 4.91. The second-order valence-electron chi connectivity index (χ2n) is 4.92. The number of nitrogens with one attached hydrogen (secondary N) is 1. The van der Waals surface area contributed by atoms with E-state index in [1.54, 1.807) is 0 Å². The molecule has 1 aliphatic heterocycles. The number of anilines is 1. The molecule has 1 saturated heterocycles. The van der Waals surface area contributed by atoms with Gasteiger partial charge in [-0.1, -0.05) is 0 Å². The van der Waals surface area contributed by atoms with Crippen LogP contribution in [0.1, 0.15) is 16.9 Å². The van der Waals surface area contributed by atoms with Gasteiger partial charge in [0.15, 0.2) is 5.79 Å². The standard InChI is InChI=1S/C12H13N3O3S/c13-9-8-6-1-2-12(17-3-4-18-12)5-7(6)19-10(8)15-11(16)14-9/h1-5H2,(H3,13,14,15,16). The quantitative estimate of drug-likeness (QED) is 0.744. The number of rotatable bonds is 0. The van der Waals surface area contributed by atoms with Crippen molar-refractivity contribution in [3.05, 3.63) is 20.9 Å². The van der Waals surface area contributed by atoms with Crippen LogP contribution in [0.3, 0.4) is 0 Å². The Kier molecular flexibility index (Phi) is 2.27. The van der Waals surface area contributed by atoms with Gasteiger partial charge in [-0.25, -0.2) is 4.79 Å². The number of nitrogens with two attached hydrogens (primary N) is 1. The van der Waals surface area contributed by atoms with Crippen LogP contribution in [0.25, 0.3) is 10.2 Å². The zero-order valence-corrected chi connectivity index (χ0v) is 11.0. The van der Waals surface area contributed by atoms with Gasteiger partial charge in [0.1, 0.15) is 10.6 Å². The van der Waals surface area contributed by atoms with E-state index >= 15 is 0 Å². The van der Waals surface area contributed by atoms with Gasteiger partial charge in [-0.15, -0.1) is 11.3 Å². The smallest absolute Gasteiger partial charge is 0.347 e. The van der Waals surface area contributed by atoms with E-state index in [0.29, 0.717) is 23.9 Å². The SMILES string of the molecule is Nc1[nH]c(=O)nc2sc3c(c12)CCC1(C3)OCCO1. The molecule has 0 radical (unpaired) electrons. The minimum Gasteiger partial charge on any atom is -0.385 e. The van der Waals surface area contributed by atoms with Crippen LogP contribution in [0.2, 0.25) is 0 Å². The van der Waals surface area contributed by atoms with Crippen LogP contribution in [-0.2, 0) is 22.3 Å². The Bertz CT molecular complexity index is 715. The first-order chi connectivity index (χ1) is 9.17. The first-order valence-corrected chi connectivity index (χ1v) is 7.06. The summed E-state index contributed by atoms with van der Waals surface area (Å²) < 4.78 is 11.5. The molecule has 4 rings (SSSR count). The molecule has 2 aromatic heterocycles. The van der Waals surface area contributed by atoms with Crippen LogP contribution in [0.5, 0.6) is 0 Å². The molecular weight excluding hydrogens is 266 g/mol. The Labute approximate surface area is 112 Å². The average Bonchev–Trinajstić information content (AvgIpc) is 2.93. The Hall–Kier alpha value is -1.44. The number of ether oxygens (including phenoxy) is 2. The van der Waals surface area contributed by atoms with E-state index in [-0.39, 0.29) is 0 Å². The maximum absolute atomic E-state index is 11.4. The number of aromatic nitrogens is 2. The van der Waals surface area contributed by atoms with Crippen LogP contribution in [-0.4, -0.2) is 29.0 Å². The lowest BCUT2D eigenvalue weighted by molar-refractivity contribution is -0.163. The Morgan fingerprint density at radius 2 is 2.16 bits per heavy atom. The van der Waals surface area contributed by atoms with Crippen LogP contribution in [0.15, 0.2) is 4.79 Å². The molecule has 0 bridgehead atoms. The van der Waals surface area contributed by atoms with Gasteiger partial charge in [-0.3, -0.25) is 4.98 Å². The minimum absolute atomic E-state index is 0.397. The highest BCUT2D eigenvalue weighted by molar-refractivity contribution is 7.19. The van der Waals surface area contributed by atoms with E-state index in [2.05, 4.69) is 9.97 Å². The number of hydrogen-bond donors (Lipinski definition) is 2. The number of thiophene rings is 1. The molecule has 0 unspecified atom stereocenters. The molecule has 1 fully saturated rings. The predicted molar refractivity (Wildman–Crippen MR) is 71.3 cm³/mol. The molecule has 7 heteroatoms. The number of fused-ring (bicyclic) bond motifs is 3. The summed E-state index contributed by atoms with van der Waals surface area (Å²) in [7, 11) is 0. The lowest BCUT2D eigenvalue weighted by atomic mass is 9.92. The Balaban J connectivity index is 1.88. The van der Waals surface area contributed by atoms with Gasteiger partial charge in [0.05, 0.1) is 18.6 Å². The molecule has 19 heavy (non-hydrogen) atoms. The fourth-order valence-corrected chi connectivity index (χ4v) is 4.27. The second-order valence-corrected chi connectivity index (χ2v) is 6.01. The van der Waals surface area contributed by atoms with E-state index in [1.807, 2.05) is 0 Å². The number of aryl methyl sites for hydroxylation is 1. The third-order valence-electron chi connectivity index (χ3n) is 3.79. The number of nitrogens with zero attached hydrogens (tertiary/aromatic N) is 1. The molecule has 0 aromatic carbocycles. The van der Waals surface area contributed by atoms with Crippen LogP contribution < -0.4 is 11.4 Å². The number of H-pyrrole nitrogens is 1. The van der Waals surface area contributed by atoms with Crippen molar-refractivity contribution in [3.63, 3.8) is 0 Å². The monoisotopic (exact) mass is 279 g/mol. The van der Waals surface area contributed by atoms with Gasteiger partial charge in [-0.2, -0.15) is 4.98 Å². The molecule has 3 heterocycles. The second kappa shape index (κ2) is 3.78. The van der Waals surface area contributed by atoms with Crippen molar-refractivity contribution in [2.45, 2.75) is 25.0 Å². The first kappa shape index (κ1) is 11.4. The third kappa shape index (κ3) is 1.62. The maximum Gasteiger partial charge on any atom is 0.347 e. The van der Waals surface area contributed by atoms with Crippen molar-refractivity contribution in [2.24, 2.45) is 0 Å². The summed E-state index contributed by atoms with van der Waals surface area (Å²) in [6.45, 7) is 1.30.